The molecule has 0 bridgehead atoms. The molecule has 1 aromatic heterocycles. The highest BCUT2D eigenvalue weighted by molar-refractivity contribution is 5.86. The first kappa shape index (κ1) is 11.4. The highest BCUT2D eigenvalue weighted by Gasteiger charge is 2.11. The van der Waals surface area contributed by atoms with Gasteiger partial charge in [-0.3, -0.25) is 4.79 Å². The maximum absolute atomic E-state index is 11.8. The summed E-state index contributed by atoms with van der Waals surface area (Å²) in [6, 6.07) is 12.6. The van der Waals surface area contributed by atoms with Crippen LogP contribution in [0.1, 0.15) is 17.5 Å². The van der Waals surface area contributed by atoms with Crippen molar-refractivity contribution >= 4 is 10.8 Å². The van der Waals surface area contributed by atoms with E-state index in [1.807, 2.05) is 12.1 Å². The number of aromatic amines is 1. The van der Waals surface area contributed by atoms with E-state index in [9.17, 15) is 4.79 Å². The van der Waals surface area contributed by atoms with Gasteiger partial charge in [0.25, 0.3) is 5.56 Å². The van der Waals surface area contributed by atoms with Gasteiger partial charge in [0.15, 0.2) is 0 Å². The van der Waals surface area contributed by atoms with E-state index >= 15 is 0 Å². The first-order valence-corrected chi connectivity index (χ1v) is 6.91. The van der Waals surface area contributed by atoms with Gasteiger partial charge in [0, 0.05) is 5.39 Å². The molecule has 1 aliphatic carbocycles. The largest absolute Gasteiger partial charge is 0.272 e. The molecule has 0 unspecified atom stereocenters. The minimum atomic E-state index is -0.134. The second kappa shape index (κ2) is 4.30. The van der Waals surface area contributed by atoms with E-state index in [0.29, 0.717) is 5.39 Å². The van der Waals surface area contributed by atoms with Gasteiger partial charge < -0.3 is 0 Å². The number of nitrogens with one attached hydrogen (secondary N) is 1. The number of benzene rings is 2. The molecular formula is C17H14N2O. The molecule has 0 spiro atoms. The minimum Gasteiger partial charge on any atom is -0.267 e. The fraction of sp³-hybridized carbons (Fsp3) is 0.176. The molecule has 0 aliphatic heterocycles. The lowest BCUT2D eigenvalue weighted by atomic mass is 9.99. The molecule has 4 rings (SSSR count). The van der Waals surface area contributed by atoms with Crippen LogP contribution in [-0.2, 0) is 12.8 Å². The van der Waals surface area contributed by atoms with Gasteiger partial charge in [0.1, 0.15) is 0 Å². The summed E-state index contributed by atoms with van der Waals surface area (Å²) >= 11 is 0. The van der Waals surface area contributed by atoms with Gasteiger partial charge in [-0.15, -0.1) is 0 Å². The number of rotatable bonds is 1. The van der Waals surface area contributed by atoms with E-state index in [4.69, 9.17) is 0 Å². The quantitative estimate of drug-likeness (QED) is 0.732. The third-order valence-corrected chi connectivity index (χ3v) is 4.10. The standard InChI is InChI=1S/C17H14N2O/c20-17-16-9-14(6-7-15(16)10-18-19-17)13-5-4-11-2-1-3-12(11)8-13/h4-10H,1-3H2,(H,19,20). The fourth-order valence-electron chi connectivity index (χ4n) is 3.02. The molecule has 1 heterocycles. The molecule has 98 valence electrons. The Morgan fingerprint density at radius 1 is 0.950 bits per heavy atom. The lowest BCUT2D eigenvalue weighted by Gasteiger charge is -2.06. The van der Waals surface area contributed by atoms with Crippen molar-refractivity contribution in [3.63, 3.8) is 0 Å². The molecular weight excluding hydrogens is 248 g/mol. The third kappa shape index (κ3) is 1.74. The van der Waals surface area contributed by atoms with Gasteiger partial charge in [-0.05, 0) is 47.6 Å². The van der Waals surface area contributed by atoms with Gasteiger partial charge in [-0.25, -0.2) is 5.10 Å². The number of H-pyrrole nitrogens is 1. The molecule has 0 radical (unpaired) electrons. The Labute approximate surface area is 116 Å². The second-order valence-electron chi connectivity index (χ2n) is 5.34. The molecule has 0 saturated carbocycles. The maximum atomic E-state index is 11.8. The van der Waals surface area contributed by atoms with Crippen LogP contribution < -0.4 is 5.56 Å². The Morgan fingerprint density at radius 2 is 1.75 bits per heavy atom. The third-order valence-electron chi connectivity index (χ3n) is 4.10. The van der Waals surface area contributed by atoms with E-state index in [-0.39, 0.29) is 5.56 Å². The molecule has 1 aliphatic rings. The molecule has 2 aromatic carbocycles. The summed E-state index contributed by atoms with van der Waals surface area (Å²) in [4.78, 5) is 11.8. The summed E-state index contributed by atoms with van der Waals surface area (Å²) in [7, 11) is 0. The Morgan fingerprint density at radius 3 is 2.70 bits per heavy atom. The average Bonchev–Trinajstić information content (AvgIpc) is 2.95. The van der Waals surface area contributed by atoms with Crippen molar-refractivity contribution in [2.45, 2.75) is 19.3 Å². The summed E-state index contributed by atoms with van der Waals surface area (Å²) in [6.07, 6.45) is 5.30. The molecule has 3 nitrogen and oxygen atoms in total. The molecule has 1 N–H and O–H groups in total. The first-order valence-electron chi connectivity index (χ1n) is 6.91. The van der Waals surface area contributed by atoms with Crippen LogP contribution in [0.5, 0.6) is 0 Å². The smallest absolute Gasteiger partial charge is 0.267 e. The van der Waals surface area contributed by atoms with E-state index < -0.39 is 0 Å². The summed E-state index contributed by atoms with van der Waals surface area (Å²) in [5.74, 6) is 0. The van der Waals surface area contributed by atoms with E-state index in [1.54, 1.807) is 6.20 Å². The van der Waals surface area contributed by atoms with Crippen LogP contribution >= 0.6 is 0 Å². The van der Waals surface area contributed by atoms with Crippen molar-refractivity contribution in [1.82, 2.24) is 10.2 Å². The van der Waals surface area contributed by atoms with Crippen molar-refractivity contribution in [1.29, 1.82) is 0 Å². The van der Waals surface area contributed by atoms with Crippen molar-refractivity contribution in [2.75, 3.05) is 0 Å². The normalized spacial score (nSPS) is 13.6. The molecule has 3 aromatic rings. The zero-order valence-electron chi connectivity index (χ0n) is 11.0. The Hall–Kier alpha value is -2.42. The van der Waals surface area contributed by atoms with Gasteiger partial charge in [-0.1, -0.05) is 30.3 Å². The number of hydrogen-bond donors (Lipinski definition) is 1. The van der Waals surface area contributed by atoms with Crippen LogP contribution in [0.25, 0.3) is 21.9 Å². The zero-order valence-corrected chi connectivity index (χ0v) is 11.0. The van der Waals surface area contributed by atoms with Gasteiger partial charge in [0.2, 0.25) is 0 Å². The number of aryl methyl sites for hydroxylation is 2. The summed E-state index contributed by atoms with van der Waals surface area (Å²) in [6.45, 7) is 0. The number of fused-ring (bicyclic) bond motifs is 2. The van der Waals surface area contributed by atoms with Gasteiger partial charge >= 0.3 is 0 Å². The Bertz CT molecular complexity index is 864. The summed E-state index contributed by atoms with van der Waals surface area (Å²) in [5, 5.41) is 7.88. The Kier molecular flexibility index (Phi) is 2.46. The highest BCUT2D eigenvalue weighted by Crippen LogP contribution is 2.29. The Balaban J connectivity index is 1.90. The van der Waals surface area contributed by atoms with Gasteiger partial charge in [0.05, 0.1) is 11.6 Å². The average molecular weight is 262 g/mol. The first-order chi connectivity index (χ1) is 9.81. The molecule has 0 saturated heterocycles. The van der Waals surface area contributed by atoms with Crippen LogP contribution in [0.3, 0.4) is 0 Å². The van der Waals surface area contributed by atoms with Crippen molar-refractivity contribution in [2.24, 2.45) is 0 Å². The van der Waals surface area contributed by atoms with E-state index in [0.717, 1.165) is 10.9 Å². The van der Waals surface area contributed by atoms with Gasteiger partial charge in [-0.2, -0.15) is 5.10 Å². The number of nitrogens with zero attached hydrogens (tertiary/aromatic N) is 1. The number of aromatic nitrogens is 2. The predicted octanol–water partition coefficient (Wildman–Crippen LogP) is 3.08. The SMILES string of the molecule is O=c1[nH]ncc2ccc(-c3ccc4c(c3)CCC4)cc12. The van der Waals surface area contributed by atoms with Crippen LogP contribution in [-0.4, -0.2) is 10.2 Å². The number of hydrogen-bond acceptors (Lipinski definition) is 2. The highest BCUT2D eigenvalue weighted by atomic mass is 16.1. The van der Waals surface area contributed by atoms with Crippen LogP contribution in [0.2, 0.25) is 0 Å². The second-order valence-corrected chi connectivity index (χ2v) is 5.34. The van der Waals surface area contributed by atoms with Crippen LogP contribution in [0.4, 0.5) is 0 Å². The minimum absolute atomic E-state index is 0.134. The predicted molar refractivity (Wildman–Crippen MR) is 79.8 cm³/mol. The molecule has 20 heavy (non-hydrogen) atoms. The molecule has 0 amide bonds. The van der Waals surface area contributed by atoms with E-state index in [1.165, 1.54) is 36.0 Å². The zero-order chi connectivity index (χ0) is 13.5. The van der Waals surface area contributed by atoms with Crippen LogP contribution in [0, 0.1) is 0 Å². The maximum Gasteiger partial charge on any atom is 0.272 e. The lowest BCUT2D eigenvalue weighted by molar-refractivity contribution is 0.912. The summed E-state index contributed by atoms with van der Waals surface area (Å²) in [5.41, 5.74) is 5.06. The monoisotopic (exact) mass is 262 g/mol. The topological polar surface area (TPSA) is 45.8 Å². The van der Waals surface area contributed by atoms with Crippen LogP contribution in [0.15, 0.2) is 47.4 Å². The molecule has 0 fully saturated rings. The van der Waals surface area contributed by atoms with E-state index in [2.05, 4.69) is 34.5 Å². The fourth-order valence-corrected chi connectivity index (χ4v) is 3.02. The lowest BCUT2D eigenvalue weighted by Crippen LogP contribution is -2.07. The van der Waals surface area contributed by atoms with Crippen molar-refractivity contribution in [3.8, 4) is 11.1 Å². The van der Waals surface area contributed by atoms with Crippen molar-refractivity contribution in [3.05, 3.63) is 64.1 Å². The molecule has 0 atom stereocenters. The summed E-state index contributed by atoms with van der Waals surface area (Å²) < 4.78 is 0. The molecule has 3 heteroatoms. The van der Waals surface area contributed by atoms with Crippen molar-refractivity contribution < 1.29 is 0 Å².